The molecule has 0 unspecified atom stereocenters. The SMILES string of the molecule is CC(C)=CC(=O)Oc1cccc2cncnc12. The van der Waals surface area contributed by atoms with Gasteiger partial charge >= 0.3 is 5.97 Å². The van der Waals surface area contributed by atoms with Gasteiger partial charge in [-0.1, -0.05) is 17.7 Å². The predicted molar refractivity (Wildman–Crippen MR) is 64.6 cm³/mol. The fourth-order valence-corrected chi connectivity index (χ4v) is 1.44. The maximum Gasteiger partial charge on any atom is 0.336 e. The molecule has 1 aromatic carbocycles. The van der Waals surface area contributed by atoms with Crippen molar-refractivity contribution in [2.45, 2.75) is 13.8 Å². The first kappa shape index (κ1) is 11.3. The van der Waals surface area contributed by atoms with Crippen molar-refractivity contribution < 1.29 is 9.53 Å². The van der Waals surface area contributed by atoms with Gasteiger partial charge in [0.1, 0.15) is 11.8 Å². The molecule has 0 aliphatic carbocycles. The molecule has 0 spiro atoms. The summed E-state index contributed by atoms with van der Waals surface area (Å²) in [4.78, 5) is 19.5. The van der Waals surface area contributed by atoms with Gasteiger partial charge in [0.2, 0.25) is 0 Å². The summed E-state index contributed by atoms with van der Waals surface area (Å²) in [6.07, 6.45) is 4.56. The number of carbonyl (C=O) groups excluding carboxylic acids is 1. The van der Waals surface area contributed by atoms with Gasteiger partial charge in [-0.05, 0) is 19.9 Å². The van der Waals surface area contributed by atoms with Crippen LogP contribution in [0.15, 0.2) is 42.4 Å². The summed E-state index contributed by atoms with van der Waals surface area (Å²) in [6, 6.07) is 5.39. The zero-order chi connectivity index (χ0) is 12.3. The Morgan fingerprint density at radius 3 is 2.94 bits per heavy atom. The van der Waals surface area contributed by atoms with Crippen molar-refractivity contribution in [1.82, 2.24) is 9.97 Å². The second kappa shape index (κ2) is 4.74. The lowest BCUT2D eigenvalue weighted by Crippen LogP contribution is -2.05. The molecule has 17 heavy (non-hydrogen) atoms. The average Bonchev–Trinajstić information content (AvgIpc) is 2.28. The smallest absolute Gasteiger partial charge is 0.336 e. The van der Waals surface area contributed by atoms with E-state index in [0.29, 0.717) is 11.3 Å². The minimum atomic E-state index is -0.392. The molecule has 0 saturated heterocycles. The first-order valence-corrected chi connectivity index (χ1v) is 5.22. The Bertz CT molecular complexity index is 581. The lowest BCUT2D eigenvalue weighted by molar-refractivity contribution is -0.128. The first-order valence-electron chi connectivity index (χ1n) is 5.22. The number of allylic oxidation sites excluding steroid dienone is 1. The lowest BCUT2D eigenvalue weighted by Gasteiger charge is -2.04. The molecule has 2 rings (SSSR count). The minimum Gasteiger partial charge on any atom is -0.421 e. The van der Waals surface area contributed by atoms with Gasteiger partial charge in [0.25, 0.3) is 0 Å². The first-order chi connectivity index (χ1) is 8.16. The normalized spacial score (nSPS) is 10.0. The largest absolute Gasteiger partial charge is 0.421 e. The van der Waals surface area contributed by atoms with Crippen molar-refractivity contribution in [2.24, 2.45) is 0 Å². The van der Waals surface area contributed by atoms with E-state index < -0.39 is 5.97 Å². The molecule has 0 N–H and O–H groups in total. The van der Waals surface area contributed by atoms with Crippen LogP contribution in [0.25, 0.3) is 10.9 Å². The van der Waals surface area contributed by atoms with Crippen LogP contribution in [-0.2, 0) is 4.79 Å². The number of esters is 1. The molecule has 0 fully saturated rings. The maximum absolute atomic E-state index is 11.5. The summed E-state index contributed by atoms with van der Waals surface area (Å²) in [6.45, 7) is 3.68. The number of rotatable bonds is 2. The van der Waals surface area contributed by atoms with E-state index >= 15 is 0 Å². The number of nitrogens with zero attached hydrogens (tertiary/aromatic N) is 2. The third-order valence-corrected chi connectivity index (χ3v) is 2.11. The molecule has 4 heteroatoms. The minimum absolute atomic E-state index is 0.392. The highest BCUT2D eigenvalue weighted by atomic mass is 16.5. The number of fused-ring (bicyclic) bond motifs is 1. The molecule has 4 nitrogen and oxygen atoms in total. The third kappa shape index (κ3) is 2.66. The molecule has 0 atom stereocenters. The molecule has 0 aliphatic rings. The van der Waals surface area contributed by atoms with E-state index in [-0.39, 0.29) is 0 Å². The highest BCUT2D eigenvalue weighted by Gasteiger charge is 2.06. The van der Waals surface area contributed by atoms with Gasteiger partial charge in [-0.25, -0.2) is 14.8 Å². The summed E-state index contributed by atoms with van der Waals surface area (Å²) in [5, 5.41) is 0.843. The summed E-state index contributed by atoms with van der Waals surface area (Å²) in [7, 11) is 0. The Hall–Kier alpha value is -2.23. The molecular weight excluding hydrogens is 216 g/mol. The molecule has 0 aliphatic heterocycles. The van der Waals surface area contributed by atoms with Crippen molar-refractivity contribution in [3.05, 3.63) is 42.4 Å². The van der Waals surface area contributed by atoms with Crippen LogP contribution in [0.2, 0.25) is 0 Å². The predicted octanol–water partition coefficient (Wildman–Crippen LogP) is 2.50. The van der Waals surface area contributed by atoms with Crippen molar-refractivity contribution in [1.29, 1.82) is 0 Å². The van der Waals surface area contributed by atoms with Crippen molar-refractivity contribution in [3.8, 4) is 5.75 Å². The van der Waals surface area contributed by atoms with E-state index in [4.69, 9.17) is 4.74 Å². The molecule has 0 amide bonds. The second-order valence-electron chi connectivity index (χ2n) is 3.86. The van der Waals surface area contributed by atoms with Gasteiger partial charge in [0.15, 0.2) is 5.75 Å². The lowest BCUT2D eigenvalue weighted by atomic mass is 10.2. The van der Waals surface area contributed by atoms with Gasteiger partial charge in [-0.15, -0.1) is 0 Å². The zero-order valence-electron chi connectivity index (χ0n) is 9.68. The van der Waals surface area contributed by atoms with E-state index in [0.717, 1.165) is 11.0 Å². The monoisotopic (exact) mass is 228 g/mol. The molecule has 86 valence electrons. The van der Waals surface area contributed by atoms with E-state index in [1.54, 1.807) is 18.3 Å². The Labute approximate surface area is 99.0 Å². The average molecular weight is 228 g/mol. The van der Waals surface area contributed by atoms with E-state index in [9.17, 15) is 4.79 Å². The molecular formula is C13H12N2O2. The van der Waals surface area contributed by atoms with Gasteiger partial charge in [0.05, 0.1) is 0 Å². The van der Waals surface area contributed by atoms with E-state index in [1.807, 2.05) is 19.9 Å². The fourth-order valence-electron chi connectivity index (χ4n) is 1.44. The van der Waals surface area contributed by atoms with Gasteiger partial charge in [0, 0.05) is 17.7 Å². The number of ether oxygens (including phenoxy) is 1. The quantitative estimate of drug-likeness (QED) is 0.450. The van der Waals surface area contributed by atoms with Crippen molar-refractivity contribution >= 4 is 16.9 Å². The molecule has 1 heterocycles. The van der Waals surface area contributed by atoms with Crippen LogP contribution in [0.3, 0.4) is 0 Å². The summed E-state index contributed by atoms with van der Waals surface area (Å²) in [5.74, 6) is 0.0588. The summed E-state index contributed by atoms with van der Waals surface area (Å²) in [5.41, 5.74) is 1.53. The van der Waals surface area contributed by atoms with Crippen molar-refractivity contribution in [3.63, 3.8) is 0 Å². The molecule has 1 aromatic heterocycles. The number of hydrogen-bond acceptors (Lipinski definition) is 4. The Kier molecular flexibility index (Phi) is 3.14. The molecule has 0 bridgehead atoms. The van der Waals surface area contributed by atoms with Crippen LogP contribution in [0, 0.1) is 0 Å². The van der Waals surface area contributed by atoms with Crippen LogP contribution < -0.4 is 4.74 Å². The summed E-state index contributed by atoms with van der Waals surface area (Å²) < 4.78 is 5.23. The van der Waals surface area contributed by atoms with Crippen LogP contribution >= 0.6 is 0 Å². The fraction of sp³-hybridized carbons (Fsp3) is 0.154. The van der Waals surface area contributed by atoms with Gasteiger partial charge in [-0.2, -0.15) is 0 Å². The third-order valence-electron chi connectivity index (χ3n) is 2.11. The van der Waals surface area contributed by atoms with Crippen LogP contribution in [0.4, 0.5) is 0 Å². The highest BCUT2D eigenvalue weighted by Crippen LogP contribution is 2.22. The Balaban J connectivity index is 2.36. The standard InChI is InChI=1S/C13H12N2O2/c1-9(2)6-12(16)17-11-5-3-4-10-7-14-8-15-13(10)11/h3-8H,1-2H3. The Morgan fingerprint density at radius 2 is 2.18 bits per heavy atom. The molecule has 0 saturated carbocycles. The van der Waals surface area contributed by atoms with Gasteiger partial charge < -0.3 is 4.74 Å². The number of hydrogen-bond donors (Lipinski definition) is 0. The molecule has 2 aromatic rings. The second-order valence-corrected chi connectivity index (χ2v) is 3.86. The topological polar surface area (TPSA) is 52.1 Å². The van der Waals surface area contributed by atoms with E-state index in [1.165, 1.54) is 12.4 Å². The number of carbonyl (C=O) groups is 1. The number of para-hydroxylation sites is 1. The molecule has 0 radical (unpaired) electrons. The van der Waals surface area contributed by atoms with Crippen LogP contribution in [-0.4, -0.2) is 15.9 Å². The van der Waals surface area contributed by atoms with Gasteiger partial charge in [-0.3, -0.25) is 0 Å². The van der Waals surface area contributed by atoms with Crippen LogP contribution in [0.5, 0.6) is 5.75 Å². The van der Waals surface area contributed by atoms with Crippen LogP contribution in [0.1, 0.15) is 13.8 Å². The number of benzene rings is 1. The maximum atomic E-state index is 11.5. The highest BCUT2D eigenvalue weighted by molar-refractivity contribution is 5.90. The zero-order valence-corrected chi connectivity index (χ0v) is 9.68. The van der Waals surface area contributed by atoms with E-state index in [2.05, 4.69) is 9.97 Å². The number of aromatic nitrogens is 2. The van der Waals surface area contributed by atoms with Crippen molar-refractivity contribution in [2.75, 3.05) is 0 Å². The Morgan fingerprint density at radius 1 is 1.35 bits per heavy atom. The summed E-state index contributed by atoms with van der Waals surface area (Å²) >= 11 is 0.